The van der Waals surface area contributed by atoms with Crippen LogP contribution < -0.4 is 16.0 Å². The van der Waals surface area contributed by atoms with Gasteiger partial charge in [-0.05, 0) is 18.4 Å². The van der Waals surface area contributed by atoms with Gasteiger partial charge in [-0.1, -0.05) is 134 Å². The monoisotopic (exact) mass is 695 g/mol. The van der Waals surface area contributed by atoms with Crippen molar-refractivity contribution in [2.24, 2.45) is 0 Å². The maximum atomic E-state index is 12.5. The molecule has 1 aromatic carbocycles. The molecule has 0 heterocycles. The Morgan fingerprint density at radius 3 is 1.73 bits per heavy atom. The van der Waals surface area contributed by atoms with E-state index in [9.17, 15) is 24.3 Å². The number of carboxylic acid groups (broad SMARTS) is 1. The molecule has 0 fully saturated rings. The van der Waals surface area contributed by atoms with Gasteiger partial charge in [0, 0.05) is 24.6 Å². The predicted octanol–water partition coefficient (Wildman–Crippen LogP) is 8.20. The summed E-state index contributed by atoms with van der Waals surface area (Å²) in [5, 5.41) is 17.5. The highest BCUT2D eigenvalue weighted by Crippen LogP contribution is 2.12. The van der Waals surface area contributed by atoms with Crippen molar-refractivity contribution in [3.8, 4) is 0 Å². The van der Waals surface area contributed by atoms with Crippen LogP contribution in [0.15, 0.2) is 30.3 Å². The van der Waals surface area contributed by atoms with Crippen LogP contribution in [0.1, 0.15) is 122 Å². The van der Waals surface area contributed by atoms with Gasteiger partial charge in [0.05, 0.1) is 0 Å². The molecule has 0 bridgehead atoms. The van der Waals surface area contributed by atoms with E-state index < -0.39 is 36.4 Å². The number of unbranched alkanes of at least 4 members (excludes halogenated alkanes) is 14. The third kappa shape index (κ3) is 24.9. The molecule has 12 heteroatoms. The molecule has 0 aliphatic carbocycles. The number of ether oxygens (including phenoxy) is 3. The average Bonchev–Trinajstić information content (AvgIpc) is 3.08. The Morgan fingerprint density at radius 1 is 0.667 bits per heavy atom. The normalized spacial score (nSPS) is 12.0. The zero-order valence-corrected chi connectivity index (χ0v) is 30.1. The van der Waals surface area contributed by atoms with Crippen molar-refractivity contribution in [2.75, 3.05) is 31.2 Å². The maximum Gasteiger partial charge on any atom is 0.408 e. The van der Waals surface area contributed by atoms with Crippen LogP contribution in [-0.4, -0.2) is 72.7 Å². The molecular formula is C36H61N3O8S. The van der Waals surface area contributed by atoms with E-state index >= 15 is 0 Å². The van der Waals surface area contributed by atoms with Gasteiger partial charge >= 0.3 is 24.2 Å². The topological polar surface area (TPSA) is 152 Å². The van der Waals surface area contributed by atoms with Crippen molar-refractivity contribution in [3.05, 3.63) is 35.9 Å². The van der Waals surface area contributed by atoms with E-state index in [0.717, 1.165) is 55.9 Å². The molecule has 11 nitrogen and oxygen atoms in total. The minimum absolute atomic E-state index is 0.00852. The lowest BCUT2D eigenvalue weighted by Crippen LogP contribution is -2.43. The predicted molar refractivity (Wildman–Crippen MR) is 191 cm³/mol. The standard InChI is InChI=1S/C36H61N3O8S/c1-3-5-7-9-11-13-15-20-24-37-34(42)46-27-31(47-35(43)38-25-21-16-14-12-10-8-6-4-2)28-48-29-32(33(40)41)39-36(44)45-26-30-22-18-17-19-23-30/h17-19,22-23,31-32H,3-16,20-21,24-29H2,1-2H3,(H,37,42)(H,38,43)(H,39,44)(H,40,41)/t31-,32?/m1/s1. The average molecular weight is 696 g/mol. The summed E-state index contributed by atoms with van der Waals surface area (Å²) >= 11 is 1.16. The largest absolute Gasteiger partial charge is 0.480 e. The summed E-state index contributed by atoms with van der Waals surface area (Å²) in [6.07, 6.45) is 15.5. The summed E-state index contributed by atoms with van der Waals surface area (Å²) in [7, 11) is 0. The van der Waals surface area contributed by atoms with Gasteiger partial charge in [-0.3, -0.25) is 0 Å². The van der Waals surface area contributed by atoms with E-state index in [1.54, 1.807) is 12.1 Å². The van der Waals surface area contributed by atoms with Crippen LogP contribution >= 0.6 is 11.8 Å². The number of carbonyl (C=O) groups excluding carboxylic acids is 3. The van der Waals surface area contributed by atoms with Crippen LogP contribution in [0.4, 0.5) is 14.4 Å². The Kier molecular flexibility index (Phi) is 26.7. The number of thioether (sulfide) groups is 1. The lowest BCUT2D eigenvalue weighted by Gasteiger charge is -2.20. The third-order valence-electron chi connectivity index (χ3n) is 7.66. The van der Waals surface area contributed by atoms with Gasteiger partial charge < -0.3 is 35.3 Å². The van der Waals surface area contributed by atoms with Gasteiger partial charge in [0.2, 0.25) is 0 Å². The summed E-state index contributed by atoms with van der Waals surface area (Å²) in [6.45, 7) is 5.20. The third-order valence-corrected chi connectivity index (χ3v) is 8.84. The van der Waals surface area contributed by atoms with Gasteiger partial charge in [0.1, 0.15) is 25.4 Å². The minimum atomic E-state index is -1.23. The molecule has 4 N–H and O–H groups in total. The molecule has 0 aliphatic rings. The zero-order valence-electron chi connectivity index (χ0n) is 29.3. The number of rotatable bonds is 29. The minimum Gasteiger partial charge on any atom is -0.480 e. The molecule has 2 atom stereocenters. The lowest BCUT2D eigenvalue weighted by atomic mass is 10.1. The van der Waals surface area contributed by atoms with Crippen LogP contribution in [0.3, 0.4) is 0 Å². The Morgan fingerprint density at radius 2 is 1.19 bits per heavy atom. The van der Waals surface area contributed by atoms with E-state index in [0.29, 0.717) is 13.1 Å². The van der Waals surface area contributed by atoms with E-state index in [-0.39, 0.29) is 24.7 Å². The molecule has 0 saturated carbocycles. The highest BCUT2D eigenvalue weighted by molar-refractivity contribution is 7.99. The second-order valence-corrected chi connectivity index (χ2v) is 13.1. The van der Waals surface area contributed by atoms with Crippen LogP contribution in [0.25, 0.3) is 0 Å². The van der Waals surface area contributed by atoms with Crippen molar-refractivity contribution < 1.29 is 38.5 Å². The Balaban J connectivity index is 2.49. The van der Waals surface area contributed by atoms with Crippen LogP contribution in [0.2, 0.25) is 0 Å². The Labute approximate surface area is 292 Å². The SMILES string of the molecule is CCCCCCCCCCNC(=O)OC[C@H](CSCC(NC(=O)OCc1ccccc1)C(=O)O)OC(=O)NCCCCCCCCCC. The second-order valence-electron chi connectivity index (χ2n) is 12.1. The van der Waals surface area contributed by atoms with Gasteiger partial charge in [-0.2, -0.15) is 11.8 Å². The molecule has 1 rings (SSSR count). The first-order valence-corrected chi connectivity index (χ1v) is 19.1. The first-order valence-electron chi connectivity index (χ1n) is 18.0. The number of hydrogen-bond donors (Lipinski definition) is 4. The van der Waals surface area contributed by atoms with E-state index in [2.05, 4.69) is 29.8 Å². The Bertz CT molecular complexity index is 985. The molecule has 0 aromatic heterocycles. The first-order chi connectivity index (χ1) is 23.3. The first kappa shape index (κ1) is 42.9. The zero-order chi connectivity index (χ0) is 35.1. The molecule has 1 aromatic rings. The number of nitrogens with one attached hydrogen (secondary N) is 3. The van der Waals surface area contributed by atoms with Crippen molar-refractivity contribution in [3.63, 3.8) is 0 Å². The van der Waals surface area contributed by atoms with Gasteiger partial charge in [-0.15, -0.1) is 0 Å². The van der Waals surface area contributed by atoms with Gasteiger partial charge in [0.25, 0.3) is 0 Å². The van der Waals surface area contributed by atoms with E-state index in [1.807, 2.05) is 18.2 Å². The molecule has 0 aliphatic heterocycles. The molecule has 3 amide bonds. The number of carbonyl (C=O) groups is 4. The molecule has 0 radical (unpaired) electrons. The summed E-state index contributed by atoms with van der Waals surface area (Å²) < 4.78 is 16.0. The molecule has 274 valence electrons. The highest BCUT2D eigenvalue weighted by atomic mass is 32.2. The number of alkyl carbamates (subject to hydrolysis) is 3. The molecule has 48 heavy (non-hydrogen) atoms. The van der Waals surface area contributed by atoms with Crippen molar-refractivity contribution in [2.45, 2.75) is 135 Å². The van der Waals surface area contributed by atoms with Crippen molar-refractivity contribution in [1.82, 2.24) is 16.0 Å². The molecule has 0 spiro atoms. The fourth-order valence-electron chi connectivity index (χ4n) is 4.83. The van der Waals surface area contributed by atoms with Gasteiger partial charge in [-0.25, -0.2) is 19.2 Å². The molecule has 1 unspecified atom stereocenters. The van der Waals surface area contributed by atoms with Crippen LogP contribution in [-0.2, 0) is 25.6 Å². The van der Waals surface area contributed by atoms with Crippen molar-refractivity contribution >= 4 is 36.0 Å². The second kappa shape index (κ2) is 29.9. The number of carboxylic acids is 1. The fourth-order valence-corrected chi connectivity index (χ4v) is 5.85. The fraction of sp³-hybridized carbons (Fsp3) is 0.722. The summed E-state index contributed by atoms with van der Waals surface area (Å²) in [5.74, 6) is -1.09. The maximum absolute atomic E-state index is 12.5. The summed E-state index contributed by atoms with van der Waals surface area (Å²) in [4.78, 5) is 48.9. The number of benzene rings is 1. The smallest absolute Gasteiger partial charge is 0.408 e. The summed E-state index contributed by atoms with van der Waals surface area (Å²) in [6, 6.07) is 7.82. The van der Waals surface area contributed by atoms with Crippen LogP contribution in [0, 0.1) is 0 Å². The van der Waals surface area contributed by atoms with E-state index in [4.69, 9.17) is 14.2 Å². The molecule has 0 saturated heterocycles. The van der Waals surface area contributed by atoms with Gasteiger partial charge in [0.15, 0.2) is 0 Å². The number of amides is 3. The number of hydrogen-bond acceptors (Lipinski definition) is 8. The van der Waals surface area contributed by atoms with Crippen molar-refractivity contribution in [1.29, 1.82) is 0 Å². The Hall–Kier alpha value is -3.15. The van der Waals surface area contributed by atoms with Crippen LogP contribution in [0.5, 0.6) is 0 Å². The quantitative estimate of drug-likeness (QED) is 0.0480. The lowest BCUT2D eigenvalue weighted by molar-refractivity contribution is -0.138. The number of aliphatic carboxylic acids is 1. The van der Waals surface area contributed by atoms with E-state index in [1.165, 1.54) is 64.2 Å². The molecular weight excluding hydrogens is 634 g/mol. The highest BCUT2D eigenvalue weighted by Gasteiger charge is 2.23. The summed E-state index contributed by atoms with van der Waals surface area (Å²) in [5.41, 5.74) is 0.774.